The van der Waals surface area contributed by atoms with E-state index in [4.69, 9.17) is 9.72 Å². The molecular weight excluding hydrogens is 611 g/mol. The Hall–Kier alpha value is -5.40. The third kappa shape index (κ3) is 5.22. The van der Waals surface area contributed by atoms with Gasteiger partial charge in [-0.3, -0.25) is 9.36 Å². The highest BCUT2D eigenvalue weighted by Gasteiger charge is 2.37. The van der Waals surface area contributed by atoms with E-state index in [9.17, 15) is 18.0 Å². The Morgan fingerprint density at radius 2 is 1.77 bits per heavy atom. The first-order valence-electron chi connectivity index (χ1n) is 15.2. The van der Waals surface area contributed by atoms with Gasteiger partial charge in [-0.05, 0) is 37.3 Å². The maximum absolute atomic E-state index is 14.2. The Kier molecular flexibility index (Phi) is 6.70. The van der Waals surface area contributed by atoms with Gasteiger partial charge in [-0.15, -0.1) is 0 Å². The molecule has 1 aromatic carbocycles. The fourth-order valence-electron chi connectivity index (χ4n) is 5.94. The lowest BCUT2D eigenvalue weighted by Gasteiger charge is -2.15. The van der Waals surface area contributed by atoms with Crippen molar-refractivity contribution < 1.29 is 17.9 Å². The largest absolute Gasteiger partial charge is 0.480 e. The standard InChI is InChI=1S/C33H28F3N9O2/c1-43-12-11-37-30(43)23-13-21-14-38-27(25-26(19-7-8-19)39-17-40-31(25)47-2)42-29(21)45(32(23)46)15-18-3-5-20(6-4-18)28-41-24(33(34,35)36)16-44(28)22-9-10-22/h3-6,11-14,16-17,19,22H,7-10,15H2,1-2H3. The fraction of sp³-hybridized carbons (Fsp3) is 0.303. The molecule has 5 heterocycles. The molecule has 238 valence electrons. The van der Waals surface area contributed by atoms with Gasteiger partial charge < -0.3 is 13.9 Å². The first-order valence-corrected chi connectivity index (χ1v) is 15.2. The zero-order valence-electron chi connectivity index (χ0n) is 25.4. The molecule has 0 radical (unpaired) electrons. The predicted molar refractivity (Wildman–Crippen MR) is 166 cm³/mol. The molecule has 0 atom stereocenters. The van der Waals surface area contributed by atoms with Crippen molar-refractivity contribution in [2.24, 2.45) is 7.05 Å². The van der Waals surface area contributed by atoms with E-state index in [-0.39, 0.29) is 29.9 Å². The molecule has 0 N–H and O–H groups in total. The lowest BCUT2D eigenvalue weighted by atomic mass is 10.1. The average Bonchev–Trinajstić information content (AvgIpc) is 4.01. The van der Waals surface area contributed by atoms with Crippen molar-refractivity contribution in [1.82, 2.24) is 43.6 Å². The lowest BCUT2D eigenvalue weighted by Crippen LogP contribution is -2.24. The molecule has 0 saturated heterocycles. The molecule has 14 heteroatoms. The topological polar surface area (TPSA) is 118 Å². The summed E-state index contributed by atoms with van der Waals surface area (Å²) in [5, 5.41) is 0.623. The van der Waals surface area contributed by atoms with E-state index in [1.165, 1.54) is 13.4 Å². The van der Waals surface area contributed by atoms with Gasteiger partial charge in [0.1, 0.15) is 29.2 Å². The van der Waals surface area contributed by atoms with Crippen LogP contribution in [0.3, 0.4) is 0 Å². The second-order valence-corrected chi connectivity index (χ2v) is 12.0. The van der Waals surface area contributed by atoms with Crippen molar-refractivity contribution in [1.29, 1.82) is 0 Å². The van der Waals surface area contributed by atoms with Gasteiger partial charge in [0.2, 0.25) is 5.88 Å². The molecule has 2 aliphatic rings. The number of aromatic nitrogens is 9. The van der Waals surface area contributed by atoms with E-state index in [0.717, 1.165) is 43.1 Å². The van der Waals surface area contributed by atoms with Crippen LogP contribution in [0.5, 0.6) is 5.88 Å². The Labute approximate surface area is 265 Å². The highest BCUT2D eigenvalue weighted by Crippen LogP contribution is 2.45. The third-order valence-electron chi connectivity index (χ3n) is 8.63. The van der Waals surface area contributed by atoms with Crippen LogP contribution in [-0.2, 0) is 19.8 Å². The van der Waals surface area contributed by atoms with Crippen LogP contribution >= 0.6 is 0 Å². The third-order valence-corrected chi connectivity index (χ3v) is 8.63. The summed E-state index contributed by atoms with van der Waals surface area (Å²) in [6.07, 6.45) is 6.69. The molecule has 8 rings (SSSR count). The SMILES string of the molecule is COc1ncnc(C2CC2)c1-c1ncc2cc(-c3nccn3C)c(=O)n(Cc3ccc(-c4nc(C(F)(F)F)cn4C4CC4)cc3)c2n1. The van der Waals surface area contributed by atoms with Crippen LogP contribution in [0, 0.1) is 0 Å². The van der Waals surface area contributed by atoms with Gasteiger partial charge in [0.15, 0.2) is 11.5 Å². The summed E-state index contributed by atoms with van der Waals surface area (Å²) in [5.41, 5.74) is 2.27. The van der Waals surface area contributed by atoms with Gasteiger partial charge in [0, 0.05) is 54.7 Å². The Bertz CT molecular complexity index is 2210. The minimum atomic E-state index is -4.54. The van der Waals surface area contributed by atoms with Gasteiger partial charge in [-0.2, -0.15) is 13.2 Å². The minimum absolute atomic E-state index is 0.00929. The Balaban J connectivity index is 1.24. The summed E-state index contributed by atoms with van der Waals surface area (Å²) < 4.78 is 51.1. The molecule has 0 amide bonds. The number of benzene rings is 1. The van der Waals surface area contributed by atoms with Crippen LogP contribution in [0.25, 0.3) is 45.2 Å². The molecule has 0 spiro atoms. The van der Waals surface area contributed by atoms with E-state index >= 15 is 0 Å². The summed E-state index contributed by atoms with van der Waals surface area (Å²) in [6, 6.07) is 8.81. The van der Waals surface area contributed by atoms with Crippen LogP contribution in [0.2, 0.25) is 0 Å². The first kappa shape index (κ1) is 29.0. The number of halogens is 3. The number of pyridine rings is 1. The molecular formula is C33H28F3N9O2. The molecule has 5 aromatic heterocycles. The average molecular weight is 640 g/mol. The van der Waals surface area contributed by atoms with Crippen molar-refractivity contribution in [3.05, 3.63) is 88.8 Å². The number of methoxy groups -OCH3 is 1. The van der Waals surface area contributed by atoms with Crippen LogP contribution in [-0.4, -0.2) is 50.7 Å². The van der Waals surface area contributed by atoms with Gasteiger partial charge in [-0.25, -0.2) is 29.9 Å². The second-order valence-electron chi connectivity index (χ2n) is 12.0. The number of rotatable bonds is 8. The smallest absolute Gasteiger partial charge is 0.434 e. The van der Waals surface area contributed by atoms with Crippen LogP contribution in [0.15, 0.2) is 66.2 Å². The number of aryl methyl sites for hydroxylation is 1. The molecule has 6 aromatic rings. The second kappa shape index (κ2) is 10.9. The number of ether oxygens (including phenoxy) is 1. The number of hydrogen-bond acceptors (Lipinski definition) is 8. The van der Waals surface area contributed by atoms with E-state index in [1.54, 1.807) is 62.6 Å². The number of alkyl halides is 3. The molecule has 0 unspecified atom stereocenters. The van der Waals surface area contributed by atoms with E-state index < -0.39 is 11.9 Å². The van der Waals surface area contributed by atoms with Crippen molar-refractivity contribution in [2.45, 2.75) is 50.4 Å². The van der Waals surface area contributed by atoms with Gasteiger partial charge >= 0.3 is 6.18 Å². The highest BCUT2D eigenvalue weighted by molar-refractivity contribution is 5.82. The van der Waals surface area contributed by atoms with Gasteiger partial charge in [-0.1, -0.05) is 24.3 Å². The summed E-state index contributed by atoms with van der Waals surface area (Å²) in [6.45, 7) is 0.132. The maximum Gasteiger partial charge on any atom is 0.434 e. The van der Waals surface area contributed by atoms with Crippen molar-refractivity contribution in [3.8, 4) is 40.0 Å². The normalized spacial score (nSPS) is 15.0. The van der Waals surface area contributed by atoms with Crippen LogP contribution in [0.1, 0.15) is 54.6 Å². The molecule has 0 bridgehead atoms. The Morgan fingerprint density at radius 1 is 0.979 bits per heavy atom. The van der Waals surface area contributed by atoms with Gasteiger partial charge in [0.05, 0.1) is 24.9 Å². The maximum atomic E-state index is 14.2. The summed E-state index contributed by atoms with van der Waals surface area (Å²) in [7, 11) is 3.34. The summed E-state index contributed by atoms with van der Waals surface area (Å²) >= 11 is 0. The zero-order valence-corrected chi connectivity index (χ0v) is 25.4. The van der Waals surface area contributed by atoms with Crippen LogP contribution in [0.4, 0.5) is 13.2 Å². The van der Waals surface area contributed by atoms with Crippen molar-refractivity contribution in [2.75, 3.05) is 7.11 Å². The monoisotopic (exact) mass is 639 g/mol. The van der Waals surface area contributed by atoms with Crippen LogP contribution < -0.4 is 10.3 Å². The lowest BCUT2D eigenvalue weighted by molar-refractivity contribution is -0.140. The molecule has 47 heavy (non-hydrogen) atoms. The van der Waals surface area contributed by atoms with Crippen molar-refractivity contribution >= 4 is 11.0 Å². The predicted octanol–water partition coefficient (Wildman–Crippen LogP) is 5.80. The van der Waals surface area contributed by atoms with Gasteiger partial charge in [0.25, 0.3) is 5.56 Å². The number of imidazole rings is 2. The summed E-state index contributed by atoms with van der Waals surface area (Å²) in [5.74, 6) is 1.72. The minimum Gasteiger partial charge on any atom is -0.480 e. The zero-order chi connectivity index (χ0) is 32.4. The number of hydrogen-bond donors (Lipinski definition) is 0. The number of nitrogens with zero attached hydrogens (tertiary/aromatic N) is 9. The Morgan fingerprint density at radius 3 is 2.43 bits per heavy atom. The first-order chi connectivity index (χ1) is 22.7. The number of fused-ring (bicyclic) bond motifs is 1. The highest BCUT2D eigenvalue weighted by atomic mass is 19.4. The molecule has 0 aliphatic heterocycles. The molecule has 11 nitrogen and oxygen atoms in total. The fourth-order valence-corrected chi connectivity index (χ4v) is 5.94. The molecule has 2 aliphatic carbocycles. The molecule has 2 fully saturated rings. The van der Waals surface area contributed by atoms with E-state index in [2.05, 4.69) is 24.9 Å². The van der Waals surface area contributed by atoms with E-state index in [1.807, 2.05) is 7.05 Å². The summed E-state index contributed by atoms with van der Waals surface area (Å²) in [4.78, 5) is 40.9. The molecule has 2 saturated carbocycles. The quantitative estimate of drug-likeness (QED) is 0.205. The van der Waals surface area contributed by atoms with E-state index in [0.29, 0.717) is 45.3 Å². The van der Waals surface area contributed by atoms with Crippen molar-refractivity contribution in [3.63, 3.8) is 0 Å².